The van der Waals surface area contributed by atoms with E-state index < -0.39 is 0 Å². The summed E-state index contributed by atoms with van der Waals surface area (Å²) in [6, 6.07) is 14.0. The lowest BCUT2D eigenvalue weighted by Gasteiger charge is -2.23. The van der Waals surface area contributed by atoms with E-state index in [-0.39, 0.29) is 0 Å². The fourth-order valence-electron chi connectivity index (χ4n) is 3.08. The first-order chi connectivity index (χ1) is 12.7. The van der Waals surface area contributed by atoms with E-state index in [9.17, 15) is 0 Å². The third-order valence-corrected chi connectivity index (χ3v) is 4.45. The highest BCUT2D eigenvalue weighted by Crippen LogP contribution is 2.34. The minimum atomic E-state index is 0.585. The van der Waals surface area contributed by atoms with Crippen molar-refractivity contribution in [2.24, 2.45) is 0 Å². The lowest BCUT2D eigenvalue weighted by atomic mass is 10.1. The van der Waals surface area contributed by atoms with Gasteiger partial charge in [-0.25, -0.2) is 0 Å². The van der Waals surface area contributed by atoms with Gasteiger partial charge in [0.05, 0.1) is 19.0 Å². The average Bonchev–Trinajstić information content (AvgIpc) is 3.15. The molecule has 2 heterocycles. The maximum Gasteiger partial charge on any atom is 0.163 e. The highest BCUT2D eigenvalue weighted by molar-refractivity contribution is 5.65. The Morgan fingerprint density at radius 3 is 2.81 bits per heavy atom. The molecule has 6 heteroatoms. The predicted octanol–water partition coefficient (Wildman–Crippen LogP) is 3.49. The number of hydrogen-bond acceptors (Lipinski definition) is 5. The van der Waals surface area contributed by atoms with Crippen molar-refractivity contribution in [2.45, 2.75) is 6.54 Å². The minimum Gasteiger partial charge on any atom is -0.497 e. The summed E-state index contributed by atoms with van der Waals surface area (Å²) in [5, 5.41) is 7.34. The summed E-state index contributed by atoms with van der Waals surface area (Å²) in [5.74, 6) is 2.41. The molecule has 134 valence electrons. The molecular formula is C20H21N3O3. The summed E-state index contributed by atoms with van der Waals surface area (Å²) in [4.78, 5) is 2.16. The summed E-state index contributed by atoms with van der Waals surface area (Å²) < 4.78 is 16.6. The molecule has 1 aromatic heterocycles. The Morgan fingerprint density at radius 2 is 1.96 bits per heavy atom. The van der Waals surface area contributed by atoms with Crippen molar-refractivity contribution in [1.29, 1.82) is 0 Å². The molecule has 0 spiro atoms. The number of rotatable bonds is 5. The highest BCUT2D eigenvalue weighted by Gasteiger charge is 2.15. The van der Waals surface area contributed by atoms with E-state index in [1.165, 1.54) is 0 Å². The highest BCUT2D eigenvalue weighted by atomic mass is 16.6. The Labute approximate surface area is 152 Å². The zero-order valence-corrected chi connectivity index (χ0v) is 14.9. The number of H-pyrrole nitrogens is 1. The van der Waals surface area contributed by atoms with Crippen LogP contribution in [0.25, 0.3) is 11.3 Å². The molecule has 4 rings (SSSR count). The number of aromatic amines is 1. The Kier molecular flexibility index (Phi) is 4.39. The molecule has 0 radical (unpaired) electrons. The van der Waals surface area contributed by atoms with Gasteiger partial charge in [0, 0.05) is 36.5 Å². The van der Waals surface area contributed by atoms with Gasteiger partial charge in [-0.3, -0.25) is 5.10 Å². The lowest BCUT2D eigenvalue weighted by Crippen LogP contribution is -2.18. The van der Waals surface area contributed by atoms with Crippen LogP contribution < -0.4 is 19.1 Å². The fraction of sp³-hybridized carbons (Fsp3) is 0.250. The third-order valence-electron chi connectivity index (χ3n) is 4.45. The molecule has 0 atom stereocenters. The SMILES string of the molecule is COc1cccc(-c2[nH]ncc2CN(C)c2ccc3c(c2)OCCO3)c1. The second-order valence-electron chi connectivity index (χ2n) is 6.19. The molecule has 1 aliphatic rings. The molecule has 26 heavy (non-hydrogen) atoms. The summed E-state index contributed by atoms with van der Waals surface area (Å²) in [6.45, 7) is 1.89. The van der Waals surface area contributed by atoms with Crippen LogP contribution in [0.1, 0.15) is 5.56 Å². The molecule has 0 saturated carbocycles. The Bertz CT molecular complexity index is 907. The number of hydrogen-bond donors (Lipinski definition) is 1. The predicted molar refractivity (Wildman–Crippen MR) is 100 cm³/mol. The van der Waals surface area contributed by atoms with Gasteiger partial charge < -0.3 is 19.1 Å². The molecule has 0 unspecified atom stereocenters. The second kappa shape index (κ2) is 7.00. The number of methoxy groups -OCH3 is 1. The Morgan fingerprint density at radius 1 is 1.12 bits per heavy atom. The van der Waals surface area contributed by atoms with Crippen LogP contribution in [-0.4, -0.2) is 37.6 Å². The van der Waals surface area contributed by atoms with Crippen LogP contribution in [0, 0.1) is 0 Å². The topological polar surface area (TPSA) is 59.6 Å². The molecule has 0 fully saturated rings. The first-order valence-corrected chi connectivity index (χ1v) is 8.52. The van der Waals surface area contributed by atoms with Gasteiger partial charge in [-0.05, 0) is 24.3 Å². The van der Waals surface area contributed by atoms with Gasteiger partial charge in [0.2, 0.25) is 0 Å². The lowest BCUT2D eigenvalue weighted by molar-refractivity contribution is 0.171. The van der Waals surface area contributed by atoms with Crippen LogP contribution >= 0.6 is 0 Å². The first kappa shape index (κ1) is 16.3. The van der Waals surface area contributed by atoms with Crippen LogP contribution in [0.3, 0.4) is 0 Å². The number of anilines is 1. The summed E-state index contributed by atoms with van der Waals surface area (Å²) >= 11 is 0. The van der Waals surface area contributed by atoms with Gasteiger partial charge in [0.1, 0.15) is 19.0 Å². The van der Waals surface area contributed by atoms with E-state index >= 15 is 0 Å². The van der Waals surface area contributed by atoms with Crippen LogP contribution in [0.15, 0.2) is 48.7 Å². The summed E-state index contributed by atoms with van der Waals surface area (Å²) in [6.07, 6.45) is 1.86. The molecule has 2 aromatic carbocycles. The second-order valence-corrected chi connectivity index (χ2v) is 6.19. The Balaban J connectivity index is 1.57. The van der Waals surface area contributed by atoms with Crippen LogP contribution in [-0.2, 0) is 6.54 Å². The monoisotopic (exact) mass is 351 g/mol. The van der Waals surface area contributed by atoms with Crippen LogP contribution in [0.2, 0.25) is 0 Å². The molecule has 0 saturated heterocycles. The summed E-state index contributed by atoms with van der Waals surface area (Å²) in [5.41, 5.74) is 4.21. The van der Waals surface area contributed by atoms with Crippen molar-refractivity contribution >= 4 is 5.69 Å². The van der Waals surface area contributed by atoms with Crippen molar-refractivity contribution < 1.29 is 14.2 Å². The number of nitrogens with one attached hydrogen (secondary N) is 1. The molecular weight excluding hydrogens is 330 g/mol. The maximum absolute atomic E-state index is 5.68. The van der Waals surface area contributed by atoms with E-state index in [1.54, 1.807) is 7.11 Å². The first-order valence-electron chi connectivity index (χ1n) is 8.52. The zero-order chi connectivity index (χ0) is 17.9. The number of ether oxygens (including phenoxy) is 3. The third kappa shape index (κ3) is 3.18. The van der Waals surface area contributed by atoms with Crippen molar-refractivity contribution in [3.8, 4) is 28.5 Å². The fourth-order valence-corrected chi connectivity index (χ4v) is 3.08. The minimum absolute atomic E-state index is 0.585. The Hall–Kier alpha value is -3.15. The van der Waals surface area contributed by atoms with Gasteiger partial charge in [-0.1, -0.05) is 12.1 Å². The number of benzene rings is 2. The van der Waals surface area contributed by atoms with E-state index in [2.05, 4.69) is 15.1 Å². The van der Waals surface area contributed by atoms with Gasteiger partial charge in [-0.15, -0.1) is 0 Å². The zero-order valence-electron chi connectivity index (χ0n) is 14.9. The molecule has 6 nitrogen and oxygen atoms in total. The smallest absolute Gasteiger partial charge is 0.163 e. The van der Waals surface area contributed by atoms with Crippen LogP contribution in [0.5, 0.6) is 17.2 Å². The van der Waals surface area contributed by atoms with Crippen molar-refractivity contribution in [3.05, 3.63) is 54.2 Å². The standard InChI is InChI=1S/C20H21N3O3/c1-23(16-6-7-18-19(11-16)26-9-8-25-18)13-15-12-21-22-20(15)14-4-3-5-17(10-14)24-2/h3-7,10-12H,8-9,13H2,1-2H3,(H,21,22). The van der Waals surface area contributed by atoms with Gasteiger partial charge >= 0.3 is 0 Å². The van der Waals surface area contributed by atoms with Gasteiger partial charge in [-0.2, -0.15) is 5.10 Å². The van der Waals surface area contributed by atoms with E-state index in [1.807, 2.05) is 55.7 Å². The molecule has 0 aliphatic carbocycles. The van der Waals surface area contributed by atoms with Gasteiger partial charge in [0.25, 0.3) is 0 Å². The van der Waals surface area contributed by atoms with E-state index in [0.29, 0.717) is 19.8 Å². The normalized spacial score (nSPS) is 12.7. The number of aromatic nitrogens is 2. The molecule has 1 aliphatic heterocycles. The average molecular weight is 351 g/mol. The van der Waals surface area contributed by atoms with E-state index in [4.69, 9.17) is 14.2 Å². The maximum atomic E-state index is 5.68. The van der Waals surface area contributed by atoms with E-state index in [0.717, 1.165) is 39.8 Å². The number of fused-ring (bicyclic) bond motifs is 1. The molecule has 1 N–H and O–H groups in total. The quantitative estimate of drug-likeness (QED) is 0.762. The number of nitrogens with zero attached hydrogens (tertiary/aromatic N) is 2. The van der Waals surface area contributed by atoms with Crippen molar-refractivity contribution in [1.82, 2.24) is 10.2 Å². The van der Waals surface area contributed by atoms with Crippen molar-refractivity contribution in [3.63, 3.8) is 0 Å². The molecule has 3 aromatic rings. The van der Waals surface area contributed by atoms with Crippen LogP contribution in [0.4, 0.5) is 5.69 Å². The molecule has 0 amide bonds. The largest absolute Gasteiger partial charge is 0.497 e. The van der Waals surface area contributed by atoms with Crippen molar-refractivity contribution in [2.75, 3.05) is 32.3 Å². The van der Waals surface area contributed by atoms with Gasteiger partial charge in [0.15, 0.2) is 11.5 Å². The molecule has 0 bridgehead atoms. The summed E-state index contributed by atoms with van der Waals surface area (Å²) in [7, 11) is 3.72.